The van der Waals surface area contributed by atoms with Crippen LogP contribution < -0.4 is 11.1 Å². The zero-order valence-electron chi connectivity index (χ0n) is 15.8. The zero-order valence-corrected chi connectivity index (χ0v) is 16.5. The Morgan fingerprint density at radius 1 is 1.14 bits per heavy atom. The maximum Gasteiger partial charge on any atom is 0.259 e. The van der Waals surface area contributed by atoms with Gasteiger partial charge in [0.1, 0.15) is 5.82 Å². The summed E-state index contributed by atoms with van der Waals surface area (Å²) in [7, 11) is 0. The van der Waals surface area contributed by atoms with E-state index in [0.29, 0.717) is 22.7 Å². The van der Waals surface area contributed by atoms with Gasteiger partial charge in [-0.3, -0.25) is 9.79 Å². The molecule has 0 spiro atoms. The van der Waals surface area contributed by atoms with Crippen molar-refractivity contribution in [2.75, 3.05) is 11.1 Å². The molecule has 1 amide bonds. The number of aromatic nitrogens is 1. The molecule has 146 valence electrons. The van der Waals surface area contributed by atoms with E-state index in [4.69, 9.17) is 17.3 Å². The summed E-state index contributed by atoms with van der Waals surface area (Å²) >= 11 is 6.39. The molecule has 0 radical (unpaired) electrons. The third-order valence-electron chi connectivity index (χ3n) is 3.92. The predicted molar refractivity (Wildman–Crippen MR) is 121 cm³/mol. The van der Waals surface area contributed by atoms with Crippen molar-refractivity contribution in [3.8, 4) is 12.8 Å². The highest BCUT2D eigenvalue weighted by Gasteiger charge is 2.13. The third-order valence-corrected chi connectivity index (χ3v) is 4.25. The van der Waals surface area contributed by atoms with Crippen molar-refractivity contribution in [2.45, 2.75) is 12.8 Å². The summed E-state index contributed by atoms with van der Waals surface area (Å²) < 4.78 is 0. The number of nitrogens with two attached hydrogens (primary N) is 1. The Bertz CT molecular complexity index is 1000. The molecule has 0 aliphatic carbocycles. The molecule has 0 saturated carbocycles. The number of aliphatic imine (C=N–C) groups is 1. The topological polar surface area (TPSA) is 80.4 Å². The van der Waals surface area contributed by atoms with Crippen LogP contribution in [-0.4, -0.2) is 16.6 Å². The number of carbonyl (C=O) groups excluding carboxylic acids is 1. The molecule has 0 fully saturated rings. The van der Waals surface area contributed by atoms with Gasteiger partial charge in [-0.05, 0) is 36.8 Å². The first kappa shape index (κ1) is 21.7. The fraction of sp³-hybridized carbons (Fsp3) is 0.0870. The van der Waals surface area contributed by atoms with Crippen LogP contribution in [0.1, 0.15) is 28.8 Å². The lowest BCUT2D eigenvalue weighted by atomic mass is 10.1. The van der Waals surface area contributed by atoms with Crippen LogP contribution in [0.15, 0.2) is 78.1 Å². The second kappa shape index (κ2) is 11.3. The molecule has 2 heterocycles. The van der Waals surface area contributed by atoms with Gasteiger partial charge in [0.15, 0.2) is 0 Å². The molecule has 5 nitrogen and oxygen atoms in total. The van der Waals surface area contributed by atoms with Crippen LogP contribution in [0.5, 0.6) is 0 Å². The number of terminal acetylenes is 1. The Kier molecular flexibility index (Phi) is 8.43. The number of rotatable bonds is 3. The van der Waals surface area contributed by atoms with Gasteiger partial charge in [-0.15, -0.1) is 12.8 Å². The van der Waals surface area contributed by atoms with Crippen LogP contribution in [0.4, 0.5) is 11.5 Å². The van der Waals surface area contributed by atoms with E-state index in [1.807, 2.05) is 30.4 Å². The van der Waals surface area contributed by atoms with E-state index in [1.54, 1.807) is 36.7 Å². The van der Waals surface area contributed by atoms with Crippen molar-refractivity contribution in [1.29, 1.82) is 0 Å². The number of amides is 1. The van der Waals surface area contributed by atoms with Gasteiger partial charge in [0.25, 0.3) is 5.91 Å². The van der Waals surface area contributed by atoms with Gasteiger partial charge in [0.05, 0.1) is 11.3 Å². The number of nitrogens with one attached hydrogen (secondary N) is 1. The predicted octanol–water partition coefficient (Wildman–Crippen LogP) is 5.03. The molecule has 3 N–H and O–H groups in total. The van der Waals surface area contributed by atoms with E-state index in [1.165, 1.54) is 0 Å². The lowest BCUT2D eigenvalue weighted by Gasteiger charge is -2.11. The van der Waals surface area contributed by atoms with E-state index in [2.05, 4.69) is 34.2 Å². The quantitative estimate of drug-likeness (QED) is 0.704. The van der Waals surface area contributed by atoms with Crippen LogP contribution >= 0.6 is 11.6 Å². The number of pyridine rings is 1. The average molecular weight is 405 g/mol. The van der Waals surface area contributed by atoms with Crippen molar-refractivity contribution in [3.05, 3.63) is 89.3 Å². The Hall–Kier alpha value is -3.62. The zero-order chi connectivity index (χ0) is 21.1. The molecule has 3 rings (SSSR count). The number of nitrogens with zero attached hydrogens (tertiary/aromatic N) is 2. The van der Waals surface area contributed by atoms with Crippen LogP contribution in [-0.2, 0) is 0 Å². The van der Waals surface area contributed by atoms with Crippen molar-refractivity contribution in [3.63, 3.8) is 0 Å². The number of nitrogen functional groups attached to an aromatic ring is 1. The Morgan fingerprint density at radius 3 is 2.72 bits per heavy atom. The molecule has 1 aliphatic rings. The molecule has 0 bridgehead atoms. The summed E-state index contributed by atoms with van der Waals surface area (Å²) in [5, 5.41) is 3.41. The summed E-state index contributed by atoms with van der Waals surface area (Å²) in [6.07, 6.45) is 22.8. The van der Waals surface area contributed by atoms with E-state index in [-0.39, 0.29) is 11.7 Å². The van der Waals surface area contributed by atoms with Gasteiger partial charge in [0, 0.05) is 35.1 Å². The van der Waals surface area contributed by atoms with Crippen molar-refractivity contribution < 1.29 is 4.79 Å². The fourth-order valence-electron chi connectivity index (χ4n) is 2.56. The monoisotopic (exact) mass is 404 g/mol. The average Bonchev–Trinajstić information content (AvgIpc) is 2.75. The highest BCUT2D eigenvalue weighted by molar-refractivity contribution is 6.34. The first-order valence-corrected chi connectivity index (χ1v) is 9.21. The number of benzene rings is 1. The molecule has 29 heavy (non-hydrogen) atoms. The van der Waals surface area contributed by atoms with Crippen LogP contribution in [0.25, 0.3) is 0 Å². The van der Waals surface area contributed by atoms with E-state index in [9.17, 15) is 4.79 Å². The van der Waals surface area contributed by atoms with E-state index in [0.717, 1.165) is 17.7 Å². The van der Waals surface area contributed by atoms with Gasteiger partial charge in [-0.25, -0.2) is 4.98 Å². The molecule has 1 aliphatic heterocycles. The fourth-order valence-corrected chi connectivity index (χ4v) is 2.79. The van der Waals surface area contributed by atoms with Gasteiger partial charge in [-0.2, -0.15) is 0 Å². The van der Waals surface area contributed by atoms with E-state index < -0.39 is 0 Å². The molecule has 0 saturated heterocycles. The molecule has 0 atom stereocenters. The van der Waals surface area contributed by atoms with Gasteiger partial charge in [0.2, 0.25) is 0 Å². The number of hydrogen-bond donors (Lipinski definition) is 2. The van der Waals surface area contributed by atoms with Crippen molar-refractivity contribution in [1.82, 2.24) is 4.98 Å². The number of allylic oxidation sites excluding steroid dienone is 5. The molecule has 1 aromatic heterocycles. The van der Waals surface area contributed by atoms with E-state index >= 15 is 0 Å². The first-order chi connectivity index (χ1) is 14.1. The lowest BCUT2D eigenvalue weighted by Crippen LogP contribution is -2.15. The largest absolute Gasteiger partial charge is 0.383 e. The highest BCUT2D eigenvalue weighted by Crippen LogP contribution is 2.24. The van der Waals surface area contributed by atoms with Crippen LogP contribution in [0.2, 0.25) is 5.02 Å². The summed E-state index contributed by atoms with van der Waals surface area (Å²) in [5.74, 6) is -0.143. The summed E-state index contributed by atoms with van der Waals surface area (Å²) in [6, 6.07) is 8.59. The molecular weight excluding hydrogens is 384 g/mol. The van der Waals surface area contributed by atoms with Gasteiger partial charge in [-0.1, -0.05) is 42.0 Å². The number of carbonyl (C=O) groups is 1. The SMILES string of the molecule is C#C.Nc1ncccc1C(=O)Nc1ccc(Cl)c(C2=N/C=C\C/C=C\C=C/C2)c1. The van der Waals surface area contributed by atoms with Crippen LogP contribution in [0.3, 0.4) is 0 Å². The smallest absolute Gasteiger partial charge is 0.259 e. The lowest BCUT2D eigenvalue weighted by molar-refractivity contribution is 0.102. The van der Waals surface area contributed by atoms with Gasteiger partial charge < -0.3 is 11.1 Å². The molecule has 2 aromatic rings. The maximum absolute atomic E-state index is 12.5. The minimum absolute atomic E-state index is 0.184. The normalized spacial score (nSPS) is 16.3. The molecule has 6 heteroatoms. The summed E-state index contributed by atoms with van der Waals surface area (Å²) in [6.45, 7) is 0. The Balaban J connectivity index is 0.00000145. The van der Waals surface area contributed by atoms with Crippen molar-refractivity contribution in [2.24, 2.45) is 4.99 Å². The molecule has 0 unspecified atom stereocenters. The van der Waals surface area contributed by atoms with Crippen LogP contribution in [0, 0.1) is 12.8 Å². The Labute approximate surface area is 175 Å². The highest BCUT2D eigenvalue weighted by atomic mass is 35.5. The summed E-state index contributed by atoms with van der Waals surface area (Å²) in [5.41, 5.74) is 8.29. The Morgan fingerprint density at radius 2 is 1.93 bits per heavy atom. The molecular formula is C23H21ClN4O. The second-order valence-electron chi connectivity index (χ2n) is 5.84. The third kappa shape index (κ3) is 6.20. The summed E-state index contributed by atoms with van der Waals surface area (Å²) in [4.78, 5) is 20.9. The number of halogens is 1. The van der Waals surface area contributed by atoms with Gasteiger partial charge >= 0.3 is 0 Å². The first-order valence-electron chi connectivity index (χ1n) is 8.83. The number of hydrogen-bond acceptors (Lipinski definition) is 4. The van der Waals surface area contributed by atoms with Crippen molar-refractivity contribution >= 4 is 34.7 Å². The maximum atomic E-state index is 12.5. The minimum Gasteiger partial charge on any atom is -0.383 e. The minimum atomic E-state index is -0.327. The second-order valence-corrected chi connectivity index (χ2v) is 6.25. The molecule has 1 aromatic carbocycles. The number of anilines is 2. The standard InChI is InChI=1S/C21H19ClN4O.C2H2/c22-18-11-10-15(26-21(27)16-8-7-13-25-20(16)23)14-17(18)19-9-5-3-1-2-4-6-12-24-19;1-2/h1-3,5-8,10-14H,4,9H2,(H2,23,25)(H,26,27);1-2H/b2-1-,5-3-,12-6-,24-19?;.